The maximum absolute atomic E-state index is 5.80. The third-order valence-electron chi connectivity index (χ3n) is 4.34. The van der Waals surface area contributed by atoms with Crippen molar-refractivity contribution in [2.24, 2.45) is 5.92 Å². The minimum atomic E-state index is 0.0506. The third-order valence-corrected chi connectivity index (χ3v) is 4.34. The smallest absolute Gasteiger partial charge is 0.0593 e. The lowest BCUT2D eigenvalue weighted by molar-refractivity contribution is 0.0145. The van der Waals surface area contributed by atoms with Gasteiger partial charge in [0.2, 0.25) is 0 Å². The Bertz CT molecular complexity index is 420. The second kappa shape index (κ2) is 7.39. The van der Waals surface area contributed by atoms with E-state index in [1.54, 1.807) is 0 Å². The molecule has 2 unspecified atom stereocenters. The van der Waals surface area contributed by atoms with E-state index in [-0.39, 0.29) is 5.54 Å². The fourth-order valence-corrected chi connectivity index (χ4v) is 3.00. The molecule has 3 nitrogen and oxygen atoms in total. The molecule has 0 aliphatic carbocycles. The van der Waals surface area contributed by atoms with Gasteiger partial charge in [-0.15, -0.1) is 0 Å². The van der Waals surface area contributed by atoms with Crippen molar-refractivity contribution in [3.8, 4) is 0 Å². The van der Waals surface area contributed by atoms with Crippen molar-refractivity contribution in [2.75, 3.05) is 32.8 Å². The van der Waals surface area contributed by atoms with E-state index in [0.717, 1.165) is 32.8 Å². The van der Waals surface area contributed by atoms with Gasteiger partial charge >= 0.3 is 0 Å². The molecular formula is C18H30N2O. The van der Waals surface area contributed by atoms with Gasteiger partial charge in [-0.25, -0.2) is 0 Å². The summed E-state index contributed by atoms with van der Waals surface area (Å²) in [4.78, 5) is 2.57. The Morgan fingerprint density at radius 2 is 2.05 bits per heavy atom. The van der Waals surface area contributed by atoms with Crippen LogP contribution in [0.15, 0.2) is 30.3 Å². The molecule has 0 amide bonds. The first-order chi connectivity index (χ1) is 10.0. The summed E-state index contributed by atoms with van der Waals surface area (Å²) in [6.45, 7) is 13.7. The standard InChI is InChI=1S/C18H30N2O/c1-15(2)13-21-11-10-20-12-16(3)19-14-18(20,4)17-8-6-5-7-9-17/h5-9,15-16,19H,10-14H2,1-4H3. The fourth-order valence-electron chi connectivity index (χ4n) is 3.00. The highest BCUT2D eigenvalue weighted by atomic mass is 16.5. The van der Waals surface area contributed by atoms with E-state index in [2.05, 4.69) is 68.2 Å². The number of ether oxygens (including phenoxy) is 1. The number of rotatable bonds is 6. The van der Waals surface area contributed by atoms with Crippen LogP contribution in [0.1, 0.15) is 33.3 Å². The fraction of sp³-hybridized carbons (Fsp3) is 0.667. The van der Waals surface area contributed by atoms with Crippen LogP contribution in [0.2, 0.25) is 0 Å². The van der Waals surface area contributed by atoms with Gasteiger partial charge in [-0.1, -0.05) is 44.2 Å². The highest BCUT2D eigenvalue weighted by Gasteiger charge is 2.37. The van der Waals surface area contributed by atoms with Crippen LogP contribution in [0.25, 0.3) is 0 Å². The van der Waals surface area contributed by atoms with Crippen LogP contribution in [-0.2, 0) is 10.3 Å². The molecule has 2 atom stereocenters. The third kappa shape index (κ3) is 4.29. The number of hydrogen-bond donors (Lipinski definition) is 1. The van der Waals surface area contributed by atoms with Crippen LogP contribution in [-0.4, -0.2) is 43.8 Å². The molecule has 1 heterocycles. The minimum Gasteiger partial charge on any atom is -0.380 e. The lowest BCUT2D eigenvalue weighted by atomic mass is 9.87. The molecule has 1 saturated heterocycles. The maximum Gasteiger partial charge on any atom is 0.0593 e. The molecule has 1 aromatic rings. The molecule has 1 aliphatic heterocycles. The summed E-state index contributed by atoms with van der Waals surface area (Å²) in [6.07, 6.45) is 0. The van der Waals surface area contributed by atoms with E-state index >= 15 is 0 Å². The molecular weight excluding hydrogens is 260 g/mol. The molecule has 1 N–H and O–H groups in total. The van der Waals surface area contributed by atoms with Crippen molar-refractivity contribution in [2.45, 2.75) is 39.3 Å². The molecule has 0 radical (unpaired) electrons. The van der Waals surface area contributed by atoms with Crippen molar-refractivity contribution in [1.29, 1.82) is 0 Å². The second-order valence-corrected chi connectivity index (χ2v) is 6.84. The van der Waals surface area contributed by atoms with Gasteiger partial charge < -0.3 is 10.1 Å². The highest BCUT2D eigenvalue weighted by molar-refractivity contribution is 5.25. The quantitative estimate of drug-likeness (QED) is 0.815. The predicted octanol–water partition coefficient (Wildman–Crippen LogP) is 2.87. The van der Waals surface area contributed by atoms with Crippen molar-refractivity contribution >= 4 is 0 Å². The average molecular weight is 290 g/mol. The first-order valence-electron chi connectivity index (χ1n) is 8.14. The summed E-state index contributed by atoms with van der Waals surface area (Å²) in [5.74, 6) is 0.604. The molecule has 2 rings (SSSR count). The number of benzene rings is 1. The molecule has 0 saturated carbocycles. The number of nitrogens with one attached hydrogen (secondary N) is 1. The zero-order valence-corrected chi connectivity index (χ0v) is 13.9. The summed E-state index contributed by atoms with van der Waals surface area (Å²) in [7, 11) is 0. The summed E-state index contributed by atoms with van der Waals surface area (Å²) in [6, 6.07) is 11.4. The first-order valence-corrected chi connectivity index (χ1v) is 8.14. The van der Waals surface area contributed by atoms with Gasteiger partial charge in [-0.3, -0.25) is 4.90 Å². The van der Waals surface area contributed by atoms with Gasteiger partial charge in [0.1, 0.15) is 0 Å². The largest absolute Gasteiger partial charge is 0.380 e. The van der Waals surface area contributed by atoms with Crippen LogP contribution >= 0.6 is 0 Å². The van der Waals surface area contributed by atoms with Crippen LogP contribution < -0.4 is 5.32 Å². The van der Waals surface area contributed by atoms with E-state index < -0.39 is 0 Å². The van der Waals surface area contributed by atoms with Crippen LogP contribution in [0.5, 0.6) is 0 Å². The van der Waals surface area contributed by atoms with E-state index in [0.29, 0.717) is 12.0 Å². The summed E-state index contributed by atoms with van der Waals surface area (Å²) >= 11 is 0. The molecule has 1 fully saturated rings. The number of piperazine rings is 1. The van der Waals surface area contributed by atoms with Crippen LogP contribution in [0, 0.1) is 5.92 Å². The molecule has 1 aromatic carbocycles. The second-order valence-electron chi connectivity index (χ2n) is 6.84. The Kier molecular flexibility index (Phi) is 5.80. The molecule has 0 spiro atoms. The van der Waals surface area contributed by atoms with E-state index in [4.69, 9.17) is 4.74 Å². The van der Waals surface area contributed by atoms with Gasteiger partial charge in [-0.2, -0.15) is 0 Å². The zero-order chi connectivity index (χ0) is 15.3. The van der Waals surface area contributed by atoms with Crippen molar-refractivity contribution < 1.29 is 4.74 Å². The van der Waals surface area contributed by atoms with Crippen LogP contribution in [0.3, 0.4) is 0 Å². The lowest BCUT2D eigenvalue weighted by Gasteiger charge is -2.48. The summed E-state index contributed by atoms with van der Waals surface area (Å²) in [5, 5.41) is 3.63. The summed E-state index contributed by atoms with van der Waals surface area (Å²) in [5.41, 5.74) is 1.43. The number of nitrogens with zero attached hydrogens (tertiary/aromatic N) is 1. The lowest BCUT2D eigenvalue weighted by Crippen LogP contribution is -2.61. The first kappa shape index (κ1) is 16.5. The van der Waals surface area contributed by atoms with Crippen molar-refractivity contribution in [1.82, 2.24) is 10.2 Å². The van der Waals surface area contributed by atoms with Crippen molar-refractivity contribution in [3.05, 3.63) is 35.9 Å². The Balaban J connectivity index is 2.03. The minimum absolute atomic E-state index is 0.0506. The predicted molar refractivity (Wildman–Crippen MR) is 88.5 cm³/mol. The Morgan fingerprint density at radius 3 is 2.71 bits per heavy atom. The van der Waals surface area contributed by atoms with Gasteiger partial charge in [0.25, 0.3) is 0 Å². The van der Waals surface area contributed by atoms with Crippen molar-refractivity contribution in [3.63, 3.8) is 0 Å². The molecule has 118 valence electrons. The SMILES string of the molecule is CC(C)COCCN1CC(C)NCC1(C)c1ccccc1. The van der Waals surface area contributed by atoms with Crippen LogP contribution in [0.4, 0.5) is 0 Å². The topological polar surface area (TPSA) is 24.5 Å². The van der Waals surface area contributed by atoms with E-state index in [1.807, 2.05) is 0 Å². The highest BCUT2D eigenvalue weighted by Crippen LogP contribution is 2.30. The van der Waals surface area contributed by atoms with Gasteiger partial charge in [-0.05, 0) is 25.3 Å². The molecule has 1 aliphatic rings. The maximum atomic E-state index is 5.80. The van der Waals surface area contributed by atoms with E-state index in [1.165, 1.54) is 5.56 Å². The molecule has 21 heavy (non-hydrogen) atoms. The molecule has 3 heteroatoms. The monoisotopic (exact) mass is 290 g/mol. The Labute approximate surface area is 129 Å². The Morgan fingerprint density at radius 1 is 1.33 bits per heavy atom. The van der Waals surface area contributed by atoms with Gasteiger partial charge in [0, 0.05) is 32.3 Å². The normalized spacial score (nSPS) is 27.2. The summed E-state index contributed by atoms with van der Waals surface area (Å²) < 4.78 is 5.80. The Hall–Kier alpha value is -0.900. The molecule has 0 bridgehead atoms. The van der Waals surface area contributed by atoms with E-state index in [9.17, 15) is 0 Å². The zero-order valence-electron chi connectivity index (χ0n) is 13.9. The average Bonchev–Trinajstić information content (AvgIpc) is 2.48. The molecule has 0 aromatic heterocycles. The number of hydrogen-bond acceptors (Lipinski definition) is 3. The van der Waals surface area contributed by atoms with Gasteiger partial charge in [0.15, 0.2) is 0 Å². The van der Waals surface area contributed by atoms with Gasteiger partial charge in [0.05, 0.1) is 12.1 Å².